The van der Waals surface area contributed by atoms with E-state index in [0.29, 0.717) is 16.2 Å². The summed E-state index contributed by atoms with van der Waals surface area (Å²) < 4.78 is 5.26. The van der Waals surface area contributed by atoms with Crippen LogP contribution in [0.4, 0.5) is 0 Å². The number of nitrogens with zero attached hydrogens (tertiary/aromatic N) is 1. The lowest BCUT2D eigenvalue weighted by Crippen LogP contribution is -2.43. The predicted molar refractivity (Wildman–Crippen MR) is 83.5 cm³/mol. The van der Waals surface area contributed by atoms with Crippen molar-refractivity contribution in [1.82, 2.24) is 10.4 Å². The van der Waals surface area contributed by atoms with Crippen LogP contribution in [0.5, 0.6) is 11.5 Å². The number of ether oxygens (including phenoxy) is 1. The predicted octanol–water partition coefficient (Wildman–Crippen LogP) is 1.65. The molecule has 1 aliphatic heterocycles. The third kappa shape index (κ3) is 3.34. The second kappa shape index (κ2) is 6.15. The number of hydrogen-bond donors (Lipinski definition) is 2. The molecule has 0 aromatic heterocycles. The first-order valence-corrected chi connectivity index (χ1v) is 7.07. The number of phenols is 1. The van der Waals surface area contributed by atoms with Crippen LogP contribution in [0.3, 0.4) is 0 Å². The van der Waals surface area contributed by atoms with Crippen LogP contribution in [0.2, 0.25) is 0 Å². The van der Waals surface area contributed by atoms with Gasteiger partial charge in [-0.1, -0.05) is 17.8 Å². The van der Waals surface area contributed by atoms with Crippen molar-refractivity contribution in [2.75, 3.05) is 7.11 Å². The van der Waals surface area contributed by atoms with Crippen molar-refractivity contribution in [3.63, 3.8) is 0 Å². The lowest BCUT2D eigenvalue weighted by molar-refractivity contribution is -0.131. The molecule has 1 aromatic carbocycles. The molecular weight excluding hydrogens is 312 g/mol. The smallest absolute Gasteiger partial charge is 0.285 e. The molecule has 1 heterocycles. The van der Waals surface area contributed by atoms with Gasteiger partial charge in [0.25, 0.3) is 5.91 Å². The van der Waals surface area contributed by atoms with Gasteiger partial charge in [0.15, 0.2) is 15.8 Å². The Morgan fingerprint density at radius 2 is 2.24 bits per heavy atom. The van der Waals surface area contributed by atoms with Gasteiger partial charge in [0.05, 0.1) is 12.0 Å². The van der Waals surface area contributed by atoms with Crippen LogP contribution in [0.15, 0.2) is 23.1 Å². The second-order valence-electron chi connectivity index (χ2n) is 4.12. The summed E-state index contributed by atoms with van der Waals surface area (Å²) in [7, 11) is 1.44. The molecule has 8 heteroatoms. The minimum Gasteiger partial charge on any atom is -0.504 e. The number of amides is 2. The molecule has 0 atom stereocenters. The van der Waals surface area contributed by atoms with E-state index in [1.165, 1.54) is 20.1 Å². The molecule has 2 amide bonds. The minimum atomic E-state index is -0.396. The number of carbonyl (C=O) groups is 2. The fraction of sp³-hybridized carbons (Fsp3) is 0.154. The Kier molecular flexibility index (Phi) is 4.49. The molecule has 1 aromatic rings. The van der Waals surface area contributed by atoms with E-state index in [1.54, 1.807) is 18.2 Å². The van der Waals surface area contributed by atoms with E-state index in [-0.39, 0.29) is 16.0 Å². The molecule has 110 valence electrons. The number of phenolic OH excluding ortho intramolecular Hbond substituents is 1. The average Bonchev–Trinajstić information content (AvgIpc) is 2.68. The number of thioether (sulfide) groups is 1. The van der Waals surface area contributed by atoms with Gasteiger partial charge in [-0.3, -0.25) is 15.0 Å². The van der Waals surface area contributed by atoms with Crippen molar-refractivity contribution in [3.8, 4) is 11.5 Å². The van der Waals surface area contributed by atoms with Crippen LogP contribution in [-0.2, 0) is 9.59 Å². The Bertz CT molecular complexity index is 658. The fourth-order valence-electron chi connectivity index (χ4n) is 1.66. The Labute approximate surface area is 130 Å². The van der Waals surface area contributed by atoms with E-state index in [9.17, 15) is 14.7 Å². The zero-order valence-electron chi connectivity index (χ0n) is 11.2. The molecular formula is C13H12N2O4S2. The summed E-state index contributed by atoms with van der Waals surface area (Å²) in [5, 5.41) is 10.6. The third-order valence-electron chi connectivity index (χ3n) is 2.56. The summed E-state index contributed by atoms with van der Waals surface area (Å²) in [6, 6.07) is 4.71. The zero-order chi connectivity index (χ0) is 15.6. The molecule has 0 aliphatic carbocycles. The summed E-state index contributed by atoms with van der Waals surface area (Å²) in [5.41, 5.74) is 3.04. The zero-order valence-corrected chi connectivity index (χ0v) is 12.9. The number of methoxy groups -OCH3 is 1. The fourth-order valence-corrected chi connectivity index (χ4v) is 2.84. The largest absolute Gasteiger partial charge is 0.504 e. The number of hydrazine groups is 1. The van der Waals surface area contributed by atoms with Gasteiger partial charge in [0, 0.05) is 6.92 Å². The summed E-state index contributed by atoms with van der Waals surface area (Å²) in [5.74, 6) is -0.451. The van der Waals surface area contributed by atoms with Crippen molar-refractivity contribution < 1.29 is 19.4 Å². The van der Waals surface area contributed by atoms with E-state index in [1.807, 2.05) is 0 Å². The van der Waals surface area contributed by atoms with Gasteiger partial charge in [-0.15, -0.1) is 0 Å². The van der Waals surface area contributed by atoms with Crippen molar-refractivity contribution in [2.45, 2.75) is 6.92 Å². The molecule has 0 unspecified atom stereocenters. The molecule has 2 rings (SSSR count). The molecule has 1 fully saturated rings. The quantitative estimate of drug-likeness (QED) is 0.650. The summed E-state index contributed by atoms with van der Waals surface area (Å²) in [6.07, 6.45) is 1.61. The van der Waals surface area contributed by atoms with Gasteiger partial charge < -0.3 is 9.84 Å². The molecule has 0 radical (unpaired) electrons. The maximum atomic E-state index is 12.1. The first-order chi connectivity index (χ1) is 9.92. The normalized spacial score (nSPS) is 16.5. The maximum Gasteiger partial charge on any atom is 0.285 e. The highest BCUT2D eigenvalue weighted by atomic mass is 32.2. The number of nitrogens with one attached hydrogen (secondary N) is 1. The van der Waals surface area contributed by atoms with Crippen molar-refractivity contribution in [1.29, 1.82) is 0 Å². The van der Waals surface area contributed by atoms with Crippen molar-refractivity contribution in [3.05, 3.63) is 28.7 Å². The van der Waals surface area contributed by atoms with Crippen LogP contribution in [0, 0.1) is 0 Å². The van der Waals surface area contributed by atoms with E-state index >= 15 is 0 Å². The minimum absolute atomic E-state index is 0.0143. The standard InChI is InChI=1S/C13H12N2O4S2/c1-7(16)14-15-12(18)11(21-13(15)20)6-8-3-4-9(17)10(5-8)19-2/h3-6,17H,1-2H3,(H,14,16)/b11-6+. The Morgan fingerprint density at radius 1 is 1.52 bits per heavy atom. The van der Waals surface area contributed by atoms with Gasteiger partial charge in [-0.05, 0) is 36.0 Å². The molecule has 0 bridgehead atoms. The van der Waals surface area contributed by atoms with E-state index in [2.05, 4.69) is 5.43 Å². The van der Waals surface area contributed by atoms with Gasteiger partial charge in [-0.2, -0.15) is 5.01 Å². The number of carbonyl (C=O) groups excluding carboxylic acids is 2. The highest BCUT2D eigenvalue weighted by Crippen LogP contribution is 2.33. The first kappa shape index (κ1) is 15.3. The van der Waals surface area contributed by atoms with Crippen LogP contribution in [0.1, 0.15) is 12.5 Å². The number of aromatic hydroxyl groups is 1. The second-order valence-corrected chi connectivity index (χ2v) is 5.79. The highest BCUT2D eigenvalue weighted by molar-refractivity contribution is 8.26. The number of hydrogen-bond acceptors (Lipinski definition) is 6. The van der Waals surface area contributed by atoms with Gasteiger partial charge in [-0.25, -0.2) is 0 Å². The first-order valence-electron chi connectivity index (χ1n) is 5.84. The van der Waals surface area contributed by atoms with E-state index < -0.39 is 5.91 Å². The van der Waals surface area contributed by atoms with E-state index in [4.69, 9.17) is 17.0 Å². The lowest BCUT2D eigenvalue weighted by Gasteiger charge is -2.13. The highest BCUT2D eigenvalue weighted by Gasteiger charge is 2.32. The maximum absolute atomic E-state index is 12.1. The Hall–Kier alpha value is -2.06. The number of rotatable bonds is 3. The summed E-state index contributed by atoms with van der Waals surface area (Å²) >= 11 is 6.13. The Morgan fingerprint density at radius 3 is 2.86 bits per heavy atom. The molecule has 1 aliphatic rings. The topological polar surface area (TPSA) is 78.9 Å². The van der Waals surface area contributed by atoms with Crippen molar-refractivity contribution >= 4 is 46.2 Å². The molecule has 2 N–H and O–H groups in total. The van der Waals surface area contributed by atoms with Crippen LogP contribution in [-0.4, -0.2) is 33.4 Å². The molecule has 21 heavy (non-hydrogen) atoms. The number of benzene rings is 1. The monoisotopic (exact) mass is 324 g/mol. The van der Waals surface area contributed by atoms with Crippen LogP contribution in [0.25, 0.3) is 6.08 Å². The lowest BCUT2D eigenvalue weighted by atomic mass is 10.2. The van der Waals surface area contributed by atoms with Crippen LogP contribution >= 0.6 is 24.0 Å². The van der Waals surface area contributed by atoms with Gasteiger partial charge >= 0.3 is 0 Å². The summed E-state index contributed by atoms with van der Waals surface area (Å²) in [6.45, 7) is 1.30. The van der Waals surface area contributed by atoms with Gasteiger partial charge in [0.2, 0.25) is 5.91 Å². The molecule has 0 saturated carbocycles. The molecule has 1 saturated heterocycles. The van der Waals surface area contributed by atoms with Crippen molar-refractivity contribution in [2.24, 2.45) is 0 Å². The van der Waals surface area contributed by atoms with Gasteiger partial charge in [0.1, 0.15) is 0 Å². The Balaban J connectivity index is 2.28. The summed E-state index contributed by atoms with van der Waals surface area (Å²) in [4.78, 5) is 23.5. The third-order valence-corrected chi connectivity index (χ3v) is 3.87. The number of thiocarbonyl (C=S) groups is 1. The van der Waals surface area contributed by atoms with E-state index in [0.717, 1.165) is 16.8 Å². The molecule has 0 spiro atoms. The van der Waals surface area contributed by atoms with Crippen LogP contribution < -0.4 is 10.2 Å². The molecule has 6 nitrogen and oxygen atoms in total. The average molecular weight is 324 g/mol. The SMILES string of the molecule is COc1cc(/C=C2/SC(=S)N(NC(C)=O)C2=O)ccc1O.